The summed E-state index contributed by atoms with van der Waals surface area (Å²) in [6, 6.07) is 20.1. The topological polar surface area (TPSA) is 50.1 Å². The van der Waals surface area contributed by atoms with Crippen molar-refractivity contribution in [2.45, 2.75) is 19.4 Å². The maximum atomic E-state index is 13.2. The van der Waals surface area contributed by atoms with Gasteiger partial charge in [-0.1, -0.05) is 18.2 Å². The maximum absolute atomic E-state index is 13.2. The number of aryl methyl sites for hydroxylation is 1. The van der Waals surface area contributed by atoms with E-state index in [0.717, 1.165) is 27.8 Å². The Hall–Kier alpha value is -3.18. The number of nitrogens with zero attached hydrogens (tertiary/aromatic N) is 2. The lowest BCUT2D eigenvalue weighted by Gasteiger charge is -2.25. The van der Waals surface area contributed by atoms with Crippen LogP contribution in [-0.4, -0.2) is 21.4 Å². The normalized spacial score (nSPS) is 13.4. The minimum Gasteiger partial charge on any atom is -0.384 e. The van der Waals surface area contributed by atoms with Crippen LogP contribution in [0, 0.1) is 12.7 Å². The largest absolute Gasteiger partial charge is 0.384 e. The van der Waals surface area contributed by atoms with Crippen molar-refractivity contribution in [1.82, 2.24) is 9.78 Å². The molecule has 0 radical (unpaired) electrons. The summed E-state index contributed by atoms with van der Waals surface area (Å²) in [4.78, 5) is 0. The Balaban J connectivity index is 1.59. The summed E-state index contributed by atoms with van der Waals surface area (Å²) < 4.78 is 14.9. The van der Waals surface area contributed by atoms with Gasteiger partial charge >= 0.3 is 0 Å². The lowest BCUT2D eigenvalue weighted by atomic mass is 9.94. The first-order valence-corrected chi connectivity index (χ1v) is 9.19. The van der Waals surface area contributed by atoms with E-state index < -0.39 is 5.60 Å². The predicted octanol–water partition coefficient (Wildman–Crippen LogP) is 4.79. The zero-order chi connectivity index (χ0) is 19.7. The Labute approximate surface area is 163 Å². The van der Waals surface area contributed by atoms with E-state index >= 15 is 0 Å². The Morgan fingerprint density at radius 3 is 2.61 bits per heavy atom. The molecule has 1 unspecified atom stereocenters. The molecule has 5 heteroatoms. The number of hydrogen-bond donors (Lipinski definition) is 2. The Morgan fingerprint density at radius 2 is 1.86 bits per heavy atom. The summed E-state index contributed by atoms with van der Waals surface area (Å²) in [6.45, 7) is 4.21. The van der Waals surface area contributed by atoms with Crippen molar-refractivity contribution in [3.63, 3.8) is 0 Å². The van der Waals surface area contributed by atoms with Crippen LogP contribution in [0.4, 0.5) is 10.1 Å². The number of halogens is 1. The van der Waals surface area contributed by atoms with Crippen LogP contribution >= 0.6 is 0 Å². The monoisotopic (exact) mass is 375 g/mol. The SMILES string of the molecule is Cc1cccc(NCC(C)(O)c2ccc3c(cnn3-c3ccc(F)cc3)c2)c1. The van der Waals surface area contributed by atoms with Crippen LogP contribution in [0.1, 0.15) is 18.1 Å². The molecule has 0 saturated carbocycles. The van der Waals surface area contributed by atoms with E-state index in [1.54, 1.807) is 29.9 Å². The number of aliphatic hydroxyl groups is 1. The fraction of sp³-hybridized carbons (Fsp3) is 0.174. The molecule has 4 nitrogen and oxygen atoms in total. The van der Waals surface area contributed by atoms with E-state index in [0.29, 0.717) is 6.54 Å². The summed E-state index contributed by atoms with van der Waals surface area (Å²) in [5.74, 6) is -0.278. The van der Waals surface area contributed by atoms with Crippen LogP contribution in [0.3, 0.4) is 0 Å². The third-order valence-electron chi connectivity index (χ3n) is 4.92. The van der Waals surface area contributed by atoms with E-state index in [4.69, 9.17) is 0 Å². The Kier molecular flexibility index (Phi) is 4.61. The lowest BCUT2D eigenvalue weighted by molar-refractivity contribution is 0.0717. The van der Waals surface area contributed by atoms with E-state index in [-0.39, 0.29) is 5.82 Å². The van der Waals surface area contributed by atoms with Gasteiger partial charge in [0.15, 0.2) is 0 Å². The van der Waals surface area contributed by atoms with Gasteiger partial charge in [-0.3, -0.25) is 0 Å². The van der Waals surface area contributed by atoms with Gasteiger partial charge < -0.3 is 10.4 Å². The standard InChI is InChI=1S/C23H22FN3O/c1-16-4-3-5-20(12-16)25-15-23(2,28)18-6-11-22-17(13-18)14-26-27(22)21-9-7-19(24)8-10-21/h3-14,25,28H,15H2,1-2H3. The number of anilines is 1. The quantitative estimate of drug-likeness (QED) is 0.527. The number of aromatic nitrogens is 2. The second-order valence-electron chi connectivity index (χ2n) is 7.30. The van der Waals surface area contributed by atoms with Crippen LogP contribution in [0.5, 0.6) is 0 Å². The molecule has 3 aromatic carbocycles. The molecule has 0 amide bonds. The van der Waals surface area contributed by atoms with Crippen LogP contribution in [0.2, 0.25) is 0 Å². The van der Waals surface area contributed by atoms with E-state index in [9.17, 15) is 9.50 Å². The summed E-state index contributed by atoms with van der Waals surface area (Å²) in [7, 11) is 0. The molecule has 2 N–H and O–H groups in total. The first-order chi connectivity index (χ1) is 13.4. The van der Waals surface area contributed by atoms with Crippen molar-refractivity contribution in [2.75, 3.05) is 11.9 Å². The zero-order valence-corrected chi connectivity index (χ0v) is 15.9. The molecule has 28 heavy (non-hydrogen) atoms. The second-order valence-corrected chi connectivity index (χ2v) is 7.30. The van der Waals surface area contributed by atoms with Gasteiger partial charge in [0, 0.05) is 17.6 Å². The predicted molar refractivity (Wildman–Crippen MR) is 110 cm³/mol. The Bertz CT molecular complexity index is 1120. The number of fused-ring (bicyclic) bond motifs is 1. The highest BCUT2D eigenvalue weighted by atomic mass is 19.1. The van der Waals surface area contributed by atoms with Crippen LogP contribution in [-0.2, 0) is 5.60 Å². The molecule has 0 bridgehead atoms. The van der Waals surface area contributed by atoms with Crippen molar-refractivity contribution in [3.05, 3.63) is 89.9 Å². The molecule has 1 aromatic heterocycles. The Morgan fingerprint density at radius 1 is 1.07 bits per heavy atom. The third-order valence-corrected chi connectivity index (χ3v) is 4.92. The van der Waals surface area contributed by atoms with Crippen molar-refractivity contribution in [1.29, 1.82) is 0 Å². The molecule has 1 heterocycles. The second kappa shape index (κ2) is 7.09. The highest BCUT2D eigenvalue weighted by Gasteiger charge is 2.23. The zero-order valence-electron chi connectivity index (χ0n) is 15.9. The van der Waals surface area contributed by atoms with Gasteiger partial charge in [-0.2, -0.15) is 5.10 Å². The van der Waals surface area contributed by atoms with Gasteiger partial charge in [-0.05, 0) is 73.5 Å². The molecule has 142 valence electrons. The number of rotatable bonds is 5. The van der Waals surface area contributed by atoms with Gasteiger partial charge in [0.25, 0.3) is 0 Å². The number of benzene rings is 3. The summed E-state index contributed by atoms with van der Waals surface area (Å²) >= 11 is 0. The van der Waals surface area contributed by atoms with Crippen LogP contribution < -0.4 is 5.32 Å². The van der Waals surface area contributed by atoms with Crippen molar-refractivity contribution < 1.29 is 9.50 Å². The van der Waals surface area contributed by atoms with Gasteiger partial charge in [0.1, 0.15) is 11.4 Å². The molecule has 1 atom stereocenters. The van der Waals surface area contributed by atoms with Crippen LogP contribution in [0.25, 0.3) is 16.6 Å². The van der Waals surface area contributed by atoms with E-state index in [1.807, 2.05) is 49.4 Å². The first-order valence-electron chi connectivity index (χ1n) is 9.19. The fourth-order valence-electron chi connectivity index (χ4n) is 3.29. The molecular weight excluding hydrogens is 353 g/mol. The molecule has 0 saturated heterocycles. The lowest BCUT2D eigenvalue weighted by Crippen LogP contribution is -2.30. The molecule has 0 aliphatic carbocycles. The molecule has 0 aliphatic rings. The molecular formula is C23H22FN3O. The van der Waals surface area contributed by atoms with Crippen molar-refractivity contribution in [2.24, 2.45) is 0 Å². The average molecular weight is 375 g/mol. The number of hydrogen-bond acceptors (Lipinski definition) is 3. The maximum Gasteiger partial charge on any atom is 0.123 e. The number of nitrogens with one attached hydrogen (secondary N) is 1. The van der Waals surface area contributed by atoms with Crippen LogP contribution in [0.15, 0.2) is 72.9 Å². The van der Waals surface area contributed by atoms with Gasteiger partial charge in [0.05, 0.1) is 17.4 Å². The summed E-state index contributed by atoms with van der Waals surface area (Å²) in [5, 5.41) is 19.6. The first kappa shape index (κ1) is 18.2. The molecule has 4 aromatic rings. The van der Waals surface area contributed by atoms with Gasteiger partial charge in [-0.25, -0.2) is 9.07 Å². The molecule has 0 fully saturated rings. The molecule has 4 rings (SSSR count). The molecule has 0 spiro atoms. The van der Waals surface area contributed by atoms with Gasteiger partial charge in [0.2, 0.25) is 0 Å². The van der Waals surface area contributed by atoms with Gasteiger partial charge in [-0.15, -0.1) is 0 Å². The minimum absolute atomic E-state index is 0.278. The highest BCUT2D eigenvalue weighted by Crippen LogP contribution is 2.27. The van der Waals surface area contributed by atoms with E-state index in [2.05, 4.69) is 10.4 Å². The smallest absolute Gasteiger partial charge is 0.123 e. The summed E-state index contributed by atoms with van der Waals surface area (Å²) in [6.07, 6.45) is 1.76. The summed E-state index contributed by atoms with van der Waals surface area (Å²) in [5.41, 5.74) is 3.59. The molecule has 0 aliphatic heterocycles. The fourth-order valence-corrected chi connectivity index (χ4v) is 3.29. The minimum atomic E-state index is -1.05. The average Bonchev–Trinajstić information content (AvgIpc) is 3.10. The van der Waals surface area contributed by atoms with Crippen molar-refractivity contribution in [3.8, 4) is 5.69 Å². The van der Waals surface area contributed by atoms with Crippen molar-refractivity contribution >= 4 is 16.6 Å². The third kappa shape index (κ3) is 3.62. The van der Waals surface area contributed by atoms with E-state index in [1.165, 1.54) is 17.7 Å². The highest BCUT2D eigenvalue weighted by molar-refractivity contribution is 5.81.